The number of amides is 1. The van der Waals surface area contributed by atoms with Crippen LogP contribution < -0.4 is 5.32 Å². The highest BCUT2D eigenvalue weighted by Gasteiger charge is 2.33. The molecule has 39 heavy (non-hydrogen) atoms. The number of sulfonamides is 1. The number of carbonyl (C=O) groups excluding carboxylic acids is 2. The second-order valence-corrected chi connectivity index (χ2v) is 12.0. The highest BCUT2D eigenvalue weighted by atomic mass is 32.2. The van der Waals surface area contributed by atoms with E-state index in [1.807, 2.05) is 31.2 Å². The summed E-state index contributed by atoms with van der Waals surface area (Å²) < 4.78 is 41.8. The van der Waals surface area contributed by atoms with Crippen LogP contribution in [0.15, 0.2) is 53.4 Å². The van der Waals surface area contributed by atoms with E-state index in [4.69, 9.17) is 0 Å². The summed E-state index contributed by atoms with van der Waals surface area (Å²) >= 11 is 0. The molecule has 1 aliphatic heterocycles. The van der Waals surface area contributed by atoms with Crippen LogP contribution in [0.25, 0.3) is 10.9 Å². The molecule has 0 aliphatic carbocycles. The zero-order chi connectivity index (χ0) is 28.3. The lowest BCUT2D eigenvalue weighted by Gasteiger charge is -2.20. The Morgan fingerprint density at radius 3 is 2.54 bits per heavy atom. The molecule has 1 fully saturated rings. The van der Waals surface area contributed by atoms with Crippen LogP contribution in [-0.2, 0) is 33.1 Å². The van der Waals surface area contributed by atoms with E-state index < -0.39 is 33.6 Å². The number of para-hydroxylation sites is 1. The first-order chi connectivity index (χ1) is 18.5. The predicted octanol–water partition coefficient (Wildman–Crippen LogP) is 3.51. The fraction of sp³-hybridized carbons (Fsp3) is 0.393. The van der Waals surface area contributed by atoms with Crippen LogP contribution in [0.1, 0.15) is 48.7 Å². The minimum atomic E-state index is -3.97. The van der Waals surface area contributed by atoms with E-state index in [2.05, 4.69) is 5.32 Å². The standard InChI is InChI=1S/C28H32FN3O6S/c1-18(16-22-21-6-3-4-8-24(21)31(2)27(22)28(35)36)9-14-26(34)30-23-7-5-15-32(17-25(23)33)39(37,38)20-12-10-19(29)11-13-20/h3-4,6,8,10-13,18,23H,5,7,9,14-17H2,1-2H3,(H,30,34)(H,35,36)/t18-,23?/m0/s1. The second kappa shape index (κ2) is 11.7. The highest BCUT2D eigenvalue weighted by molar-refractivity contribution is 7.89. The van der Waals surface area contributed by atoms with Crippen LogP contribution in [0.4, 0.5) is 4.39 Å². The number of carboxylic acid groups (broad SMARTS) is 1. The van der Waals surface area contributed by atoms with Gasteiger partial charge in [0.15, 0.2) is 5.78 Å². The van der Waals surface area contributed by atoms with Gasteiger partial charge in [-0.15, -0.1) is 0 Å². The van der Waals surface area contributed by atoms with Gasteiger partial charge in [0, 0.05) is 30.9 Å². The van der Waals surface area contributed by atoms with Crippen LogP contribution in [0, 0.1) is 11.7 Å². The van der Waals surface area contributed by atoms with Crippen molar-refractivity contribution >= 4 is 38.6 Å². The smallest absolute Gasteiger partial charge is 0.352 e. The third-order valence-electron chi connectivity index (χ3n) is 7.24. The van der Waals surface area contributed by atoms with Gasteiger partial charge in [0.25, 0.3) is 0 Å². The van der Waals surface area contributed by atoms with Gasteiger partial charge in [-0.2, -0.15) is 4.31 Å². The van der Waals surface area contributed by atoms with Gasteiger partial charge in [-0.1, -0.05) is 25.1 Å². The summed E-state index contributed by atoms with van der Waals surface area (Å²) in [5, 5.41) is 13.4. The summed E-state index contributed by atoms with van der Waals surface area (Å²) in [7, 11) is -2.25. The number of carboxylic acids is 1. The fourth-order valence-electron chi connectivity index (χ4n) is 5.15. The molecule has 3 aromatic rings. The van der Waals surface area contributed by atoms with Gasteiger partial charge in [0.2, 0.25) is 15.9 Å². The van der Waals surface area contributed by atoms with Crippen molar-refractivity contribution in [3.8, 4) is 0 Å². The molecule has 0 spiro atoms. The van der Waals surface area contributed by atoms with E-state index >= 15 is 0 Å². The number of carbonyl (C=O) groups is 3. The number of hydrogen-bond donors (Lipinski definition) is 2. The number of ketones is 1. The number of fused-ring (bicyclic) bond motifs is 1. The molecule has 1 amide bonds. The van der Waals surface area contributed by atoms with E-state index in [-0.39, 0.29) is 41.9 Å². The topological polar surface area (TPSA) is 126 Å². The maximum absolute atomic E-state index is 13.2. The number of benzene rings is 2. The molecule has 1 saturated heterocycles. The molecule has 9 nitrogen and oxygen atoms in total. The van der Waals surface area contributed by atoms with Crippen molar-refractivity contribution in [2.45, 2.75) is 50.0 Å². The van der Waals surface area contributed by atoms with Crippen molar-refractivity contribution in [3.05, 3.63) is 65.6 Å². The Balaban J connectivity index is 1.35. The van der Waals surface area contributed by atoms with Crippen molar-refractivity contribution in [1.29, 1.82) is 0 Å². The SMILES string of the molecule is C[C@@H](CCC(=O)NC1CCCN(S(=O)(=O)c2ccc(F)cc2)CC1=O)Cc1c(C(=O)O)n(C)c2ccccc12. The van der Waals surface area contributed by atoms with Crippen molar-refractivity contribution in [2.24, 2.45) is 13.0 Å². The monoisotopic (exact) mass is 557 g/mol. The van der Waals surface area contributed by atoms with E-state index in [0.717, 1.165) is 45.0 Å². The van der Waals surface area contributed by atoms with Crippen molar-refractivity contribution in [3.63, 3.8) is 0 Å². The maximum atomic E-state index is 13.2. The highest BCUT2D eigenvalue weighted by Crippen LogP contribution is 2.29. The summed E-state index contributed by atoms with van der Waals surface area (Å²) in [6.45, 7) is 1.70. The number of aryl methyl sites for hydroxylation is 1. The normalized spacial score (nSPS) is 17.6. The van der Waals surface area contributed by atoms with Crippen LogP contribution >= 0.6 is 0 Å². The predicted molar refractivity (Wildman–Crippen MR) is 143 cm³/mol. The number of halogens is 1. The molecule has 1 aliphatic rings. The van der Waals surface area contributed by atoms with Gasteiger partial charge < -0.3 is 15.0 Å². The molecular weight excluding hydrogens is 525 g/mol. The number of aromatic carboxylic acids is 1. The summed E-state index contributed by atoms with van der Waals surface area (Å²) in [4.78, 5) is 37.4. The number of rotatable bonds is 9. The molecule has 2 aromatic carbocycles. The summed E-state index contributed by atoms with van der Waals surface area (Å²) in [6.07, 6.45) is 1.81. The second-order valence-electron chi connectivity index (χ2n) is 10.1. The Labute approximate surface area is 226 Å². The molecule has 1 aromatic heterocycles. The molecule has 0 bridgehead atoms. The lowest BCUT2D eigenvalue weighted by atomic mass is 9.94. The third kappa shape index (κ3) is 6.20. The quantitative estimate of drug-likeness (QED) is 0.415. The van der Waals surface area contributed by atoms with Crippen molar-refractivity contribution in [1.82, 2.24) is 14.2 Å². The van der Waals surface area contributed by atoms with E-state index in [9.17, 15) is 32.3 Å². The number of Topliss-reactive ketones (excluding diaryl/α,β-unsaturated/α-hetero) is 1. The summed E-state index contributed by atoms with van der Waals surface area (Å²) in [5.41, 5.74) is 1.80. The summed E-state index contributed by atoms with van der Waals surface area (Å²) in [5.74, 6) is -2.28. The van der Waals surface area contributed by atoms with E-state index in [1.165, 1.54) is 0 Å². The average Bonchev–Trinajstić information content (AvgIpc) is 3.03. The Morgan fingerprint density at radius 1 is 1.15 bits per heavy atom. The van der Waals surface area contributed by atoms with Crippen LogP contribution in [0.5, 0.6) is 0 Å². The van der Waals surface area contributed by atoms with E-state index in [0.29, 0.717) is 25.7 Å². The minimum Gasteiger partial charge on any atom is -0.477 e. The Morgan fingerprint density at radius 2 is 1.85 bits per heavy atom. The molecule has 208 valence electrons. The zero-order valence-electron chi connectivity index (χ0n) is 21.9. The third-order valence-corrected chi connectivity index (χ3v) is 9.10. The number of aromatic nitrogens is 1. The largest absolute Gasteiger partial charge is 0.477 e. The molecule has 2 heterocycles. The summed E-state index contributed by atoms with van der Waals surface area (Å²) in [6, 6.07) is 11.1. The maximum Gasteiger partial charge on any atom is 0.352 e. The van der Waals surface area contributed by atoms with Crippen molar-refractivity contribution in [2.75, 3.05) is 13.1 Å². The first-order valence-corrected chi connectivity index (χ1v) is 14.3. The number of nitrogens with one attached hydrogen (secondary N) is 1. The molecule has 0 radical (unpaired) electrons. The minimum absolute atomic E-state index is 0.000773. The van der Waals surface area contributed by atoms with Gasteiger partial charge in [0.05, 0.1) is 17.5 Å². The fourth-order valence-corrected chi connectivity index (χ4v) is 6.60. The van der Waals surface area contributed by atoms with Gasteiger partial charge >= 0.3 is 5.97 Å². The van der Waals surface area contributed by atoms with Crippen molar-refractivity contribution < 1.29 is 32.3 Å². The molecule has 1 unspecified atom stereocenters. The molecule has 0 saturated carbocycles. The first-order valence-electron chi connectivity index (χ1n) is 12.9. The molecule has 2 N–H and O–H groups in total. The Hall–Kier alpha value is -3.57. The molecule has 2 atom stereocenters. The van der Waals surface area contributed by atoms with Gasteiger partial charge in [-0.05, 0) is 67.5 Å². The number of hydrogen-bond acceptors (Lipinski definition) is 5. The molecular formula is C28H32FN3O6S. The Kier molecular flexibility index (Phi) is 8.51. The molecule has 4 rings (SSSR count). The van der Waals surface area contributed by atoms with Crippen LogP contribution in [0.2, 0.25) is 0 Å². The van der Waals surface area contributed by atoms with Gasteiger partial charge in [0.1, 0.15) is 11.5 Å². The number of nitrogens with zero attached hydrogens (tertiary/aromatic N) is 2. The zero-order valence-corrected chi connectivity index (χ0v) is 22.7. The first kappa shape index (κ1) is 28.4. The average molecular weight is 558 g/mol. The van der Waals surface area contributed by atoms with E-state index in [1.54, 1.807) is 11.6 Å². The Bertz CT molecular complexity index is 1500. The van der Waals surface area contributed by atoms with Gasteiger partial charge in [-0.3, -0.25) is 9.59 Å². The van der Waals surface area contributed by atoms with Crippen LogP contribution in [-0.4, -0.2) is 59.2 Å². The van der Waals surface area contributed by atoms with Gasteiger partial charge in [-0.25, -0.2) is 17.6 Å². The molecule has 11 heteroatoms. The lowest BCUT2D eigenvalue weighted by molar-refractivity contribution is -0.127. The lowest BCUT2D eigenvalue weighted by Crippen LogP contribution is -2.44. The van der Waals surface area contributed by atoms with Crippen LogP contribution in [0.3, 0.4) is 0 Å².